The molecule has 0 saturated carbocycles. The summed E-state index contributed by atoms with van der Waals surface area (Å²) in [6, 6.07) is 12.3. The van der Waals surface area contributed by atoms with Crippen molar-refractivity contribution in [3.8, 4) is 17.6 Å². The van der Waals surface area contributed by atoms with Crippen LogP contribution in [-0.2, 0) is 25.5 Å². The quantitative estimate of drug-likeness (QED) is 0.290. The van der Waals surface area contributed by atoms with Crippen LogP contribution in [0.1, 0.15) is 22.8 Å². The number of ether oxygens (including phenoxy) is 2. The first-order valence-electron chi connectivity index (χ1n) is 10.7. The van der Waals surface area contributed by atoms with Gasteiger partial charge in [0.05, 0.1) is 12.9 Å². The van der Waals surface area contributed by atoms with Gasteiger partial charge >= 0.3 is 0 Å². The van der Waals surface area contributed by atoms with Crippen LogP contribution in [0.4, 0.5) is 0 Å². The maximum Gasteiger partial charge on any atom is 0.265 e. The Kier molecular flexibility index (Phi) is 9.52. The Balaban J connectivity index is 1.63. The minimum Gasteiger partial charge on any atom is -0.481 e. The summed E-state index contributed by atoms with van der Waals surface area (Å²) in [5.74, 6) is 5.79. The van der Waals surface area contributed by atoms with Gasteiger partial charge in [-0.3, -0.25) is 4.18 Å². The number of benzene rings is 2. The van der Waals surface area contributed by atoms with Gasteiger partial charge in [-0.1, -0.05) is 47.7 Å². The maximum absolute atomic E-state index is 10.9. The number of hydrogen-bond acceptors (Lipinski definition) is 9. The molecule has 1 aliphatic rings. The predicted octanol–water partition coefficient (Wildman–Crippen LogP) is 0.804. The van der Waals surface area contributed by atoms with Crippen LogP contribution in [0.2, 0.25) is 5.02 Å². The van der Waals surface area contributed by atoms with Crippen LogP contribution in [0, 0.1) is 11.8 Å². The van der Waals surface area contributed by atoms with Crippen molar-refractivity contribution in [1.82, 2.24) is 0 Å². The number of halogens is 1. The van der Waals surface area contributed by atoms with E-state index < -0.39 is 47.2 Å². The summed E-state index contributed by atoms with van der Waals surface area (Å²) < 4.78 is 37.4. The van der Waals surface area contributed by atoms with Crippen molar-refractivity contribution in [2.24, 2.45) is 0 Å². The zero-order chi connectivity index (χ0) is 25.6. The zero-order valence-corrected chi connectivity index (χ0v) is 20.4. The first-order valence-corrected chi connectivity index (χ1v) is 12.9. The zero-order valence-electron chi connectivity index (χ0n) is 18.9. The van der Waals surface area contributed by atoms with Gasteiger partial charge in [0.25, 0.3) is 10.1 Å². The summed E-state index contributed by atoms with van der Waals surface area (Å²) in [4.78, 5) is 0. The number of rotatable bonds is 8. The fourth-order valence-electron chi connectivity index (χ4n) is 3.57. The summed E-state index contributed by atoms with van der Waals surface area (Å²) >= 11 is 6.38. The van der Waals surface area contributed by atoms with Gasteiger partial charge in [-0.15, -0.1) is 0 Å². The standard InChI is InChI=1S/C24H27ClO9S/c1-35(30,31)33-11-3-2-10-32-18-7-4-15(5-8-18)12-17-13-16(6-9-19(17)25)24-23(29)22(28)21(27)20(14-26)34-24/h4-9,13,20-24,26-29H,10-12,14H2,1H3/t20-,21-,22+,23+,24+/m1/s1. The van der Waals surface area contributed by atoms with E-state index >= 15 is 0 Å². The van der Waals surface area contributed by atoms with Crippen LogP contribution in [0.5, 0.6) is 5.75 Å². The van der Waals surface area contributed by atoms with E-state index in [1.54, 1.807) is 30.3 Å². The molecule has 5 atom stereocenters. The number of hydrogen-bond donors (Lipinski definition) is 4. The van der Waals surface area contributed by atoms with Gasteiger partial charge < -0.3 is 29.9 Å². The normalized spacial score (nSPS) is 24.5. The predicted molar refractivity (Wildman–Crippen MR) is 127 cm³/mol. The lowest BCUT2D eigenvalue weighted by Gasteiger charge is -2.40. The minimum absolute atomic E-state index is 0.0689. The first-order chi connectivity index (χ1) is 16.6. The van der Waals surface area contributed by atoms with E-state index in [9.17, 15) is 28.8 Å². The van der Waals surface area contributed by atoms with Gasteiger partial charge in [0.2, 0.25) is 0 Å². The molecule has 1 heterocycles. The lowest BCUT2D eigenvalue weighted by molar-refractivity contribution is -0.231. The highest BCUT2D eigenvalue weighted by Gasteiger charge is 2.44. The van der Waals surface area contributed by atoms with Crippen LogP contribution in [0.15, 0.2) is 42.5 Å². The van der Waals surface area contributed by atoms with Crippen molar-refractivity contribution in [3.05, 3.63) is 64.2 Å². The third-order valence-electron chi connectivity index (χ3n) is 5.39. The van der Waals surface area contributed by atoms with Crippen molar-refractivity contribution < 1.29 is 42.5 Å². The van der Waals surface area contributed by atoms with Crippen LogP contribution in [0.3, 0.4) is 0 Å². The molecule has 1 aliphatic heterocycles. The fraction of sp³-hybridized carbons (Fsp3) is 0.417. The molecule has 190 valence electrons. The SMILES string of the molecule is CS(=O)(=O)OCC#CCOc1ccc(Cc2cc([C@@H]3O[C@H](CO)[C@@H](O)[C@H](O)[C@@H]3O)ccc2Cl)cc1. The van der Waals surface area contributed by atoms with Crippen LogP contribution in [0.25, 0.3) is 0 Å². The summed E-state index contributed by atoms with van der Waals surface area (Å²) in [5, 5.41) is 40.4. The molecule has 0 bridgehead atoms. The fourth-order valence-corrected chi connectivity index (χ4v) is 4.02. The van der Waals surface area contributed by atoms with Crippen molar-refractivity contribution >= 4 is 21.7 Å². The highest BCUT2D eigenvalue weighted by molar-refractivity contribution is 7.86. The summed E-state index contributed by atoms with van der Waals surface area (Å²) in [6.45, 7) is -0.667. The number of aliphatic hydroxyl groups is 4. The summed E-state index contributed by atoms with van der Waals surface area (Å²) in [7, 11) is -3.52. The maximum atomic E-state index is 10.9. The van der Waals surface area contributed by atoms with Gasteiger partial charge in [-0.25, -0.2) is 0 Å². The van der Waals surface area contributed by atoms with Crippen LogP contribution >= 0.6 is 11.6 Å². The molecule has 0 radical (unpaired) electrons. The summed E-state index contributed by atoms with van der Waals surface area (Å²) in [5.41, 5.74) is 2.24. The molecule has 1 fully saturated rings. The first kappa shape index (κ1) is 27.4. The Hall–Kier alpha value is -2.20. The average Bonchev–Trinajstić information content (AvgIpc) is 2.82. The van der Waals surface area contributed by atoms with Gasteiger partial charge in [0.1, 0.15) is 49.5 Å². The molecule has 1 saturated heterocycles. The molecule has 0 unspecified atom stereocenters. The molecule has 3 rings (SSSR count). The molecular weight excluding hydrogens is 500 g/mol. The van der Waals surface area contributed by atoms with Gasteiger partial charge in [0, 0.05) is 5.02 Å². The van der Waals surface area contributed by atoms with E-state index in [0.29, 0.717) is 22.8 Å². The third kappa shape index (κ3) is 7.64. The van der Waals surface area contributed by atoms with E-state index in [0.717, 1.165) is 17.4 Å². The lowest BCUT2D eigenvalue weighted by atomic mass is 9.90. The van der Waals surface area contributed by atoms with E-state index in [1.807, 2.05) is 12.1 Å². The average molecular weight is 527 g/mol. The van der Waals surface area contributed by atoms with Crippen LogP contribution in [-0.4, -0.2) is 79.3 Å². The molecule has 2 aromatic rings. The Morgan fingerprint density at radius 2 is 1.69 bits per heavy atom. The summed E-state index contributed by atoms with van der Waals surface area (Å²) in [6.07, 6.45) is -4.79. The third-order valence-corrected chi connectivity index (χ3v) is 6.30. The highest BCUT2D eigenvalue weighted by atomic mass is 35.5. The van der Waals surface area contributed by atoms with Gasteiger partial charge in [0.15, 0.2) is 0 Å². The Labute approximate surface area is 209 Å². The monoisotopic (exact) mass is 526 g/mol. The molecule has 0 aliphatic carbocycles. The van der Waals surface area contributed by atoms with E-state index in [1.165, 1.54) is 0 Å². The lowest BCUT2D eigenvalue weighted by Crippen LogP contribution is -2.55. The Morgan fingerprint density at radius 3 is 2.34 bits per heavy atom. The van der Waals surface area contributed by atoms with Crippen molar-refractivity contribution in [3.63, 3.8) is 0 Å². The van der Waals surface area contributed by atoms with Crippen molar-refractivity contribution in [2.45, 2.75) is 36.9 Å². The van der Waals surface area contributed by atoms with Crippen molar-refractivity contribution in [1.29, 1.82) is 0 Å². The molecule has 11 heteroatoms. The second-order valence-electron chi connectivity index (χ2n) is 8.03. The molecule has 0 aromatic heterocycles. The molecule has 0 spiro atoms. The Bertz CT molecular complexity index is 1160. The smallest absolute Gasteiger partial charge is 0.265 e. The highest BCUT2D eigenvalue weighted by Crippen LogP contribution is 2.34. The van der Waals surface area contributed by atoms with Crippen LogP contribution < -0.4 is 4.74 Å². The topological polar surface area (TPSA) is 143 Å². The molecule has 4 N–H and O–H groups in total. The van der Waals surface area contributed by atoms with E-state index in [2.05, 4.69) is 16.0 Å². The van der Waals surface area contributed by atoms with E-state index in [-0.39, 0.29) is 13.2 Å². The molecule has 9 nitrogen and oxygen atoms in total. The largest absolute Gasteiger partial charge is 0.481 e. The van der Waals surface area contributed by atoms with Gasteiger partial charge in [-0.2, -0.15) is 8.42 Å². The van der Waals surface area contributed by atoms with Gasteiger partial charge in [-0.05, 0) is 41.3 Å². The minimum atomic E-state index is -3.52. The second-order valence-corrected chi connectivity index (χ2v) is 10.1. The van der Waals surface area contributed by atoms with E-state index in [4.69, 9.17) is 21.1 Å². The molecular formula is C24H27ClO9S. The molecule has 0 amide bonds. The second kappa shape index (κ2) is 12.2. The molecule has 2 aromatic carbocycles. The Morgan fingerprint density at radius 1 is 1.00 bits per heavy atom. The number of aliphatic hydroxyl groups excluding tert-OH is 4. The van der Waals surface area contributed by atoms with Crippen molar-refractivity contribution in [2.75, 3.05) is 26.1 Å². The molecule has 35 heavy (non-hydrogen) atoms.